The highest BCUT2D eigenvalue weighted by molar-refractivity contribution is 7.80. The molecule has 1 rings (SSSR count). The molecule has 0 aromatic heterocycles. The first kappa shape index (κ1) is 27.5. The van der Waals surface area contributed by atoms with Crippen LogP contribution in [0, 0.1) is 0 Å². The zero-order valence-electron chi connectivity index (χ0n) is 17.9. The summed E-state index contributed by atoms with van der Waals surface area (Å²) in [4.78, 5) is 54.0. The molecule has 32 heavy (non-hydrogen) atoms. The fourth-order valence-electron chi connectivity index (χ4n) is 3.23. The molecule has 3 amide bonds. The molecule has 5 unspecified atom stereocenters. The van der Waals surface area contributed by atoms with E-state index in [0.717, 1.165) is 4.90 Å². The average molecular weight is 476 g/mol. The van der Waals surface area contributed by atoms with E-state index in [1.807, 2.05) is 0 Å². The molecule has 1 fully saturated rings. The maximum Gasteiger partial charge on any atom is 0.326 e. The van der Waals surface area contributed by atoms with Gasteiger partial charge in [-0.05, 0) is 32.6 Å². The number of nitrogens with one attached hydrogen (secondary N) is 2. The van der Waals surface area contributed by atoms with Gasteiger partial charge in [-0.1, -0.05) is 0 Å². The van der Waals surface area contributed by atoms with E-state index in [1.54, 1.807) is 0 Å². The van der Waals surface area contributed by atoms with Crippen LogP contribution in [0.1, 0.15) is 32.6 Å². The van der Waals surface area contributed by atoms with Gasteiger partial charge in [-0.15, -0.1) is 0 Å². The van der Waals surface area contributed by atoms with Crippen LogP contribution >= 0.6 is 12.6 Å². The van der Waals surface area contributed by atoms with E-state index in [0.29, 0.717) is 19.4 Å². The van der Waals surface area contributed by atoms with E-state index in [2.05, 4.69) is 28.3 Å². The number of carboxylic acids is 1. The number of aliphatic hydroxyl groups excluding tert-OH is 1. The molecule has 182 valence electrons. The number of guanidine groups is 1. The quantitative estimate of drug-likeness (QED) is 0.0612. The Balaban J connectivity index is 2.73. The molecule has 1 heterocycles. The SMILES string of the molecule is CC(O)C(NC(=O)C(CS)NC(=O)C(N)CCCN=C(N)N)C(=O)N1CCCC1C(=O)O. The average Bonchev–Trinajstić information content (AvgIpc) is 3.22. The number of hydrogen-bond acceptors (Lipinski definition) is 8. The predicted octanol–water partition coefficient (Wildman–Crippen LogP) is -3.28. The van der Waals surface area contributed by atoms with E-state index < -0.39 is 54.0 Å². The fraction of sp³-hybridized carbons (Fsp3) is 0.722. The highest BCUT2D eigenvalue weighted by atomic mass is 32.1. The molecule has 0 bridgehead atoms. The first-order valence-corrected chi connectivity index (χ1v) is 10.9. The summed E-state index contributed by atoms with van der Waals surface area (Å²) in [7, 11) is 0. The lowest BCUT2D eigenvalue weighted by atomic mass is 10.1. The second-order valence-corrected chi connectivity index (χ2v) is 7.92. The Bertz CT molecular complexity index is 716. The molecule has 14 heteroatoms. The lowest BCUT2D eigenvalue weighted by molar-refractivity contribution is -0.150. The minimum Gasteiger partial charge on any atom is -0.480 e. The van der Waals surface area contributed by atoms with Crippen molar-refractivity contribution in [1.29, 1.82) is 0 Å². The Labute approximate surface area is 191 Å². The van der Waals surface area contributed by atoms with Gasteiger partial charge >= 0.3 is 5.97 Å². The van der Waals surface area contributed by atoms with Gasteiger partial charge in [-0.25, -0.2) is 4.79 Å². The third-order valence-corrected chi connectivity index (χ3v) is 5.35. The van der Waals surface area contributed by atoms with Gasteiger partial charge in [0.1, 0.15) is 18.1 Å². The Kier molecular flexibility index (Phi) is 11.2. The largest absolute Gasteiger partial charge is 0.480 e. The number of likely N-dealkylation sites (tertiary alicyclic amines) is 1. The van der Waals surface area contributed by atoms with Crippen molar-refractivity contribution >= 4 is 42.3 Å². The molecule has 5 atom stereocenters. The maximum absolute atomic E-state index is 12.8. The van der Waals surface area contributed by atoms with Crippen LogP contribution in [-0.2, 0) is 19.2 Å². The fourth-order valence-corrected chi connectivity index (χ4v) is 3.49. The number of amides is 3. The second-order valence-electron chi connectivity index (χ2n) is 7.55. The number of rotatable bonds is 12. The van der Waals surface area contributed by atoms with Gasteiger partial charge in [0.15, 0.2) is 5.96 Å². The molecule has 1 aliphatic rings. The van der Waals surface area contributed by atoms with Gasteiger partial charge in [-0.3, -0.25) is 19.4 Å². The number of hydrogen-bond donors (Lipinski definition) is 8. The highest BCUT2D eigenvalue weighted by Gasteiger charge is 2.39. The summed E-state index contributed by atoms with van der Waals surface area (Å²) >= 11 is 4.06. The topological polar surface area (TPSA) is 226 Å². The lowest BCUT2D eigenvalue weighted by Crippen LogP contribution is -2.60. The van der Waals surface area contributed by atoms with Crippen molar-refractivity contribution in [3.05, 3.63) is 0 Å². The molecular formula is C18H33N7O6S. The molecule has 0 aliphatic carbocycles. The number of carboxylic acid groups (broad SMARTS) is 1. The highest BCUT2D eigenvalue weighted by Crippen LogP contribution is 2.19. The number of aliphatic imine (C=N–C) groups is 1. The maximum atomic E-state index is 12.8. The predicted molar refractivity (Wildman–Crippen MR) is 120 cm³/mol. The summed E-state index contributed by atoms with van der Waals surface area (Å²) in [5.74, 6) is -3.39. The molecule has 0 aromatic carbocycles. The molecule has 13 nitrogen and oxygen atoms in total. The zero-order chi connectivity index (χ0) is 24.4. The summed E-state index contributed by atoms with van der Waals surface area (Å²) in [6, 6.07) is -4.44. The van der Waals surface area contributed by atoms with E-state index in [9.17, 15) is 29.4 Å². The van der Waals surface area contributed by atoms with Gasteiger partial charge < -0.3 is 42.9 Å². The van der Waals surface area contributed by atoms with Gasteiger partial charge in [0.05, 0.1) is 12.1 Å². The minimum absolute atomic E-state index is 0.0688. The van der Waals surface area contributed by atoms with Crippen molar-refractivity contribution in [2.75, 3.05) is 18.8 Å². The number of aliphatic carboxylic acids is 1. The van der Waals surface area contributed by atoms with Crippen LogP contribution < -0.4 is 27.8 Å². The number of aliphatic hydroxyl groups is 1. The van der Waals surface area contributed by atoms with Crippen LogP contribution in [0.4, 0.5) is 0 Å². The Morgan fingerprint density at radius 3 is 2.41 bits per heavy atom. The molecule has 1 aliphatic heterocycles. The van der Waals surface area contributed by atoms with Gasteiger partial charge in [0.25, 0.3) is 0 Å². The number of carbonyl (C=O) groups excluding carboxylic acids is 3. The van der Waals surface area contributed by atoms with E-state index in [4.69, 9.17) is 17.2 Å². The van der Waals surface area contributed by atoms with Gasteiger partial charge in [0, 0.05) is 18.8 Å². The summed E-state index contributed by atoms with van der Waals surface area (Å²) < 4.78 is 0. The smallest absolute Gasteiger partial charge is 0.326 e. The Hall–Kier alpha value is -2.58. The van der Waals surface area contributed by atoms with Crippen LogP contribution in [0.25, 0.3) is 0 Å². The lowest BCUT2D eigenvalue weighted by Gasteiger charge is -2.30. The summed E-state index contributed by atoms with van der Waals surface area (Å²) in [6.45, 7) is 1.80. The van der Waals surface area contributed by atoms with E-state index in [1.165, 1.54) is 6.92 Å². The Morgan fingerprint density at radius 1 is 1.22 bits per heavy atom. The first-order chi connectivity index (χ1) is 15.0. The number of nitrogens with zero attached hydrogens (tertiary/aromatic N) is 2. The molecule has 0 saturated carbocycles. The molecule has 10 N–H and O–H groups in total. The van der Waals surface area contributed by atoms with E-state index in [-0.39, 0.29) is 31.1 Å². The van der Waals surface area contributed by atoms with Crippen LogP contribution in [0.15, 0.2) is 4.99 Å². The van der Waals surface area contributed by atoms with Crippen molar-refractivity contribution in [1.82, 2.24) is 15.5 Å². The third kappa shape index (κ3) is 8.16. The van der Waals surface area contributed by atoms with Crippen molar-refractivity contribution in [3.8, 4) is 0 Å². The molecule has 0 aromatic rings. The van der Waals surface area contributed by atoms with Crippen molar-refractivity contribution in [3.63, 3.8) is 0 Å². The summed E-state index contributed by atoms with van der Waals surface area (Å²) in [5, 5.41) is 24.2. The summed E-state index contributed by atoms with van der Waals surface area (Å²) in [5.41, 5.74) is 16.3. The monoisotopic (exact) mass is 475 g/mol. The first-order valence-electron chi connectivity index (χ1n) is 10.2. The minimum atomic E-state index is -1.38. The normalized spacial score (nSPS) is 19.4. The van der Waals surface area contributed by atoms with E-state index >= 15 is 0 Å². The van der Waals surface area contributed by atoms with Crippen LogP contribution in [0.5, 0.6) is 0 Å². The van der Waals surface area contributed by atoms with Crippen molar-refractivity contribution in [2.24, 2.45) is 22.2 Å². The van der Waals surface area contributed by atoms with Crippen LogP contribution in [0.3, 0.4) is 0 Å². The molecular weight excluding hydrogens is 442 g/mol. The zero-order valence-corrected chi connectivity index (χ0v) is 18.8. The van der Waals surface area contributed by atoms with Gasteiger partial charge in [0.2, 0.25) is 17.7 Å². The number of nitrogens with two attached hydrogens (primary N) is 3. The second kappa shape index (κ2) is 13.1. The van der Waals surface area contributed by atoms with Crippen molar-refractivity contribution in [2.45, 2.75) is 62.9 Å². The molecule has 1 saturated heterocycles. The molecule has 0 radical (unpaired) electrons. The number of carbonyl (C=O) groups is 4. The number of thiol groups is 1. The summed E-state index contributed by atoms with van der Waals surface area (Å²) in [6.07, 6.45) is 0.209. The molecule has 0 spiro atoms. The van der Waals surface area contributed by atoms with Crippen LogP contribution in [0.2, 0.25) is 0 Å². The van der Waals surface area contributed by atoms with Crippen molar-refractivity contribution < 1.29 is 29.4 Å². The standard InChI is InChI=1S/C18H33N7O6S/c1-9(26)13(16(29)25-7-3-5-12(25)17(30)31)24-15(28)11(8-32)23-14(27)10(19)4-2-6-22-18(20)21/h9-13,26,32H,2-8,19H2,1H3,(H,23,27)(H,24,28)(H,30,31)(H4,20,21,22). The van der Waals surface area contributed by atoms with Crippen LogP contribution in [-0.4, -0.2) is 93.9 Å². The van der Waals surface area contributed by atoms with Gasteiger partial charge in [-0.2, -0.15) is 12.6 Å². The Morgan fingerprint density at radius 2 is 1.88 bits per heavy atom. The third-order valence-electron chi connectivity index (χ3n) is 4.99.